The first kappa shape index (κ1) is 17.4. The fourth-order valence-electron chi connectivity index (χ4n) is 2.66. The van der Waals surface area contributed by atoms with Crippen LogP contribution in [0.2, 0.25) is 0 Å². The van der Waals surface area contributed by atoms with Crippen molar-refractivity contribution in [3.63, 3.8) is 0 Å². The lowest BCUT2D eigenvalue weighted by Gasteiger charge is -2.49. The first-order valence-corrected chi connectivity index (χ1v) is 7.86. The lowest BCUT2D eigenvalue weighted by Crippen LogP contribution is -2.66. The van der Waals surface area contributed by atoms with E-state index >= 15 is 0 Å². The highest BCUT2D eigenvalue weighted by molar-refractivity contribution is 5.78. The van der Waals surface area contributed by atoms with Crippen LogP contribution in [0.1, 0.15) is 41.5 Å². The molecule has 0 unspecified atom stereocenters. The molecule has 4 heteroatoms. The van der Waals surface area contributed by atoms with Gasteiger partial charge < -0.3 is 10.0 Å². The minimum absolute atomic E-state index is 0.193. The molecule has 4 nitrogen and oxygen atoms in total. The molecule has 1 heterocycles. The van der Waals surface area contributed by atoms with Gasteiger partial charge in [0.1, 0.15) is 0 Å². The molecular formula is C16H32N2O2. The summed E-state index contributed by atoms with van der Waals surface area (Å²) in [6.45, 7) is 15.9. The molecule has 0 saturated carbocycles. The molecule has 1 aliphatic heterocycles. The third kappa shape index (κ3) is 4.74. The van der Waals surface area contributed by atoms with E-state index in [1.54, 1.807) is 0 Å². The van der Waals surface area contributed by atoms with Gasteiger partial charge in [0.15, 0.2) is 0 Å². The summed E-state index contributed by atoms with van der Waals surface area (Å²) in [5.74, 6) is 1.41. The Labute approximate surface area is 124 Å². The van der Waals surface area contributed by atoms with Crippen LogP contribution in [0.25, 0.3) is 0 Å². The summed E-state index contributed by atoms with van der Waals surface area (Å²) in [5, 5.41) is 10.2. The summed E-state index contributed by atoms with van der Waals surface area (Å²) in [4.78, 5) is 16.4. The molecule has 0 atom stereocenters. The van der Waals surface area contributed by atoms with Gasteiger partial charge in [0.2, 0.25) is 5.91 Å². The van der Waals surface area contributed by atoms with E-state index in [0.29, 0.717) is 31.5 Å². The molecule has 0 bridgehead atoms. The van der Waals surface area contributed by atoms with Gasteiger partial charge in [-0.15, -0.1) is 0 Å². The molecule has 0 aromatic carbocycles. The Hall–Kier alpha value is -0.610. The van der Waals surface area contributed by atoms with E-state index in [2.05, 4.69) is 32.6 Å². The standard InChI is InChI=1S/C16H32N2O2/c1-12(2)7-18(8-13(3)4)15(19)9-17-10-16(20,11-17)14(5)6/h12-14,20H,7-11H2,1-6H3. The Morgan fingerprint density at radius 2 is 1.55 bits per heavy atom. The van der Waals surface area contributed by atoms with Crippen LogP contribution in [-0.2, 0) is 4.79 Å². The second kappa shape index (κ2) is 6.90. The molecule has 0 aromatic rings. The average Bonchev–Trinajstić information content (AvgIpc) is 2.24. The number of β-amino-alcohol motifs (C(OH)–C–C–N with tert-alkyl or cyclic N) is 1. The number of nitrogens with zero attached hydrogens (tertiary/aromatic N) is 2. The van der Waals surface area contributed by atoms with Crippen LogP contribution < -0.4 is 0 Å². The zero-order chi connectivity index (χ0) is 15.5. The predicted molar refractivity (Wildman–Crippen MR) is 82.5 cm³/mol. The monoisotopic (exact) mass is 284 g/mol. The van der Waals surface area contributed by atoms with Gasteiger partial charge in [-0.1, -0.05) is 41.5 Å². The normalized spacial score (nSPS) is 18.7. The van der Waals surface area contributed by atoms with Gasteiger partial charge >= 0.3 is 0 Å². The van der Waals surface area contributed by atoms with Gasteiger partial charge in [-0.2, -0.15) is 0 Å². The van der Waals surface area contributed by atoms with E-state index in [0.717, 1.165) is 13.1 Å². The number of carbonyl (C=O) groups is 1. The zero-order valence-corrected chi connectivity index (χ0v) is 14.0. The summed E-state index contributed by atoms with van der Waals surface area (Å²) < 4.78 is 0. The van der Waals surface area contributed by atoms with E-state index in [-0.39, 0.29) is 11.8 Å². The largest absolute Gasteiger partial charge is 0.387 e. The van der Waals surface area contributed by atoms with Crippen LogP contribution in [0.5, 0.6) is 0 Å². The fraction of sp³-hybridized carbons (Fsp3) is 0.938. The van der Waals surface area contributed by atoms with Gasteiger partial charge in [-0.25, -0.2) is 0 Å². The third-order valence-electron chi connectivity index (χ3n) is 3.95. The molecule has 1 amide bonds. The van der Waals surface area contributed by atoms with Crippen molar-refractivity contribution in [3.8, 4) is 0 Å². The molecule has 0 aromatic heterocycles. The predicted octanol–water partition coefficient (Wildman–Crippen LogP) is 1.83. The van der Waals surface area contributed by atoms with Gasteiger partial charge in [0.25, 0.3) is 0 Å². The van der Waals surface area contributed by atoms with Crippen LogP contribution in [0, 0.1) is 17.8 Å². The van der Waals surface area contributed by atoms with Gasteiger partial charge in [-0.05, 0) is 17.8 Å². The molecule has 1 aliphatic rings. The number of rotatable bonds is 7. The van der Waals surface area contributed by atoms with Crippen molar-refractivity contribution < 1.29 is 9.90 Å². The van der Waals surface area contributed by atoms with E-state index in [1.165, 1.54) is 0 Å². The van der Waals surface area contributed by atoms with E-state index in [9.17, 15) is 9.90 Å². The van der Waals surface area contributed by atoms with Crippen LogP contribution in [0.3, 0.4) is 0 Å². The van der Waals surface area contributed by atoms with E-state index < -0.39 is 5.60 Å². The first-order chi connectivity index (χ1) is 9.14. The van der Waals surface area contributed by atoms with Crippen molar-refractivity contribution in [1.29, 1.82) is 0 Å². The van der Waals surface area contributed by atoms with E-state index in [1.807, 2.05) is 18.7 Å². The Morgan fingerprint density at radius 1 is 1.10 bits per heavy atom. The Balaban J connectivity index is 2.47. The second-order valence-electron chi connectivity index (χ2n) is 7.49. The van der Waals surface area contributed by atoms with Crippen LogP contribution in [0.15, 0.2) is 0 Å². The molecule has 0 aliphatic carbocycles. The van der Waals surface area contributed by atoms with Crippen molar-refractivity contribution in [1.82, 2.24) is 9.80 Å². The van der Waals surface area contributed by atoms with Crippen molar-refractivity contribution >= 4 is 5.91 Å². The highest BCUT2D eigenvalue weighted by Crippen LogP contribution is 2.28. The molecule has 1 saturated heterocycles. The highest BCUT2D eigenvalue weighted by atomic mass is 16.3. The molecule has 0 spiro atoms. The second-order valence-corrected chi connectivity index (χ2v) is 7.49. The number of hydrogen-bond acceptors (Lipinski definition) is 3. The summed E-state index contributed by atoms with van der Waals surface area (Å²) in [6.07, 6.45) is 0. The van der Waals surface area contributed by atoms with Gasteiger partial charge in [0, 0.05) is 26.2 Å². The topological polar surface area (TPSA) is 43.8 Å². The molecular weight excluding hydrogens is 252 g/mol. The van der Waals surface area contributed by atoms with E-state index in [4.69, 9.17) is 0 Å². The quantitative estimate of drug-likeness (QED) is 0.775. The zero-order valence-electron chi connectivity index (χ0n) is 14.0. The summed E-state index contributed by atoms with van der Waals surface area (Å²) in [5.41, 5.74) is -0.596. The van der Waals surface area contributed by atoms with Crippen LogP contribution in [0.4, 0.5) is 0 Å². The minimum atomic E-state index is -0.596. The third-order valence-corrected chi connectivity index (χ3v) is 3.95. The number of likely N-dealkylation sites (tertiary alicyclic amines) is 1. The van der Waals surface area contributed by atoms with Gasteiger partial charge in [-0.3, -0.25) is 9.69 Å². The van der Waals surface area contributed by atoms with Gasteiger partial charge in [0.05, 0.1) is 12.1 Å². The highest BCUT2D eigenvalue weighted by Gasteiger charge is 2.44. The Bertz CT molecular complexity index is 310. The smallest absolute Gasteiger partial charge is 0.236 e. The molecule has 0 radical (unpaired) electrons. The average molecular weight is 284 g/mol. The summed E-state index contributed by atoms with van der Waals surface area (Å²) >= 11 is 0. The lowest BCUT2D eigenvalue weighted by molar-refractivity contribution is -0.150. The number of hydrogen-bond donors (Lipinski definition) is 1. The summed E-state index contributed by atoms with van der Waals surface area (Å²) in [6, 6.07) is 0. The number of carbonyl (C=O) groups excluding carboxylic acids is 1. The molecule has 1 fully saturated rings. The maximum atomic E-state index is 12.4. The maximum Gasteiger partial charge on any atom is 0.236 e. The Morgan fingerprint density at radius 3 is 1.90 bits per heavy atom. The van der Waals surface area contributed by atoms with Crippen LogP contribution >= 0.6 is 0 Å². The summed E-state index contributed by atoms with van der Waals surface area (Å²) in [7, 11) is 0. The van der Waals surface area contributed by atoms with Crippen molar-refractivity contribution in [2.75, 3.05) is 32.7 Å². The van der Waals surface area contributed by atoms with Crippen LogP contribution in [-0.4, -0.2) is 59.1 Å². The Kier molecular flexibility index (Phi) is 6.02. The minimum Gasteiger partial charge on any atom is -0.387 e. The molecule has 118 valence electrons. The number of aliphatic hydroxyl groups is 1. The molecule has 20 heavy (non-hydrogen) atoms. The fourth-order valence-corrected chi connectivity index (χ4v) is 2.66. The SMILES string of the molecule is CC(C)CN(CC(C)C)C(=O)CN1CC(O)(C(C)C)C1. The van der Waals surface area contributed by atoms with Crippen molar-refractivity contribution in [3.05, 3.63) is 0 Å². The first-order valence-electron chi connectivity index (χ1n) is 7.86. The molecule has 1 rings (SSSR count). The lowest BCUT2D eigenvalue weighted by atomic mass is 9.83. The van der Waals surface area contributed by atoms with Crippen molar-refractivity contribution in [2.45, 2.75) is 47.1 Å². The molecule has 1 N–H and O–H groups in total. The number of amides is 1. The maximum absolute atomic E-state index is 12.4. The van der Waals surface area contributed by atoms with Crippen molar-refractivity contribution in [2.24, 2.45) is 17.8 Å².